The maximum absolute atomic E-state index is 12.7. The normalized spacial score (nSPS) is 13.9. The van der Waals surface area contributed by atoms with Crippen LogP contribution in [0.1, 0.15) is 194 Å². The molecule has 0 saturated carbocycles. The molecule has 0 aromatic rings. The Labute approximate surface area is 344 Å². The molecule has 0 aliphatic rings. The van der Waals surface area contributed by atoms with Gasteiger partial charge in [0.05, 0.1) is 27.7 Å². The van der Waals surface area contributed by atoms with Crippen molar-refractivity contribution in [3.05, 3.63) is 36.5 Å². The lowest BCUT2D eigenvalue weighted by atomic mass is 10.0. The van der Waals surface area contributed by atoms with Crippen LogP contribution in [0.4, 0.5) is 0 Å². The fourth-order valence-electron chi connectivity index (χ4n) is 6.05. The molecule has 0 aliphatic heterocycles. The van der Waals surface area contributed by atoms with Gasteiger partial charge in [-0.3, -0.25) is 18.6 Å². The van der Waals surface area contributed by atoms with Gasteiger partial charge < -0.3 is 18.9 Å². The number of nitrogens with zero attached hydrogens (tertiary/aromatic N) is 1. The minimum Gasteiger partial charge on any atom is -0.462 e. The Kier molecular flexibility index (Phi) is 37.5. The molecule has 0 aliphatic carbocycles. The SMILES string of the molecule is CCCCC/C=C\C/C=C\CCCC/C=C\CCCC(=O)O[C@H](COC(=O)CCCCCCCCCCCCCCCCC)COP(=O)(O)OCC[N+](C)(C)C. The van der Waals surface area contributed by atoms with E-state index in [0.717, 1.165) is 57.8 Å². The van der Waals surface area contributed by atoms with Crippen LogP contribution in [0.15, 0.2) is 36.5 Å². The molecule has 10 heteroatoms. The Morgan fingerprint density at radius 1 is 0.554 bits per heavy atom. The van der Waals surface area contributed by atoms with E-state index in [0.29, 0.717) is 17.4 Å². The summed E-state index contributed by atoms with van der Waals surface area (Å²) in [7, 11) is 1.46. The number of rotatable bonds is 41. The minimum absolute atomic E-state index is 0.0255. The van der Waals surface area contributed by atoms with E-state index in [4.69, 9.17) is 18.5 Å². The maximum atomic E-state index is 12.7. The standard InChI is InChI=1S/C46H86NO8P/c1-6-8-10-12-14-16-18-20-22-23-25-27-29-31-33-35-37-39-46(49)55-44(43-54-56(50,51)53-41-40-47(3,4)5)42-52-45(48)38-36-34-32-30-28-26-24-21-19-17-15-13-11-9-7-2/h14,16,20,22,31,33,44H,6-13,15,17-19,21,23-30,32,34-43H2,1-5H3/p+1/b16-14-,22-20-,33-31-/t44-/m1/s1. The van der Waals surface area contributed by atoms with Crippen LogP contribution in [0.5, 0.6) is 0 Å². The van der Waals surface area contributed by atoms with E-state index in [-0.39, 0.29) is 32.0 Å². The largest absolute Gasteiger partial charge is 0.472 e. The van der Waals surface area contributed by atoms with Gasteiger partial charge in [0, 0.05) is 12.8 Å². The molecule has 328 valence electrons. The van der Waals surface area contributed by atoms with E-state index in [1.54, 1.807) is 0 Å². The molecule has 2 atom stereocenters. The lowest BCUT2D eigenvalue weighted by Gasteiger charge is -2.24. The van der Waals surface area contributed by atoms with E-state index < -0.39 is 26.5 Å². The van der Waals surface area contributed by atoms with E-state index in [1.165, 1.54) is 103 Å². The van der Waals surface area contributed by atoms with E-state index in [9.17, 15) is 19.0 Å². The van der Waals surface area contributed by atoms with Crippen LogP contribution in [0.2, 0.25) is 0 Å². The predicted octanol–water partition coefficient (Wildman–Crippen LogP) is 12.9. The van der Waals surface area contributed by atoms with Gasteiger partial charge in [0.2, 0.25) is 0 Å². The van der Waals surface area contributed by atoms with Crippen molar-refractivity contribution in [2.45, 2.75) is 200 Å². The van der Waals surface area contributed by atoms with Crippen molar-refractivity contribution in [3.63, 3.8) is 0 Å². The Bertz CT molecular complexity index is 1050. The molecule has 9 nitrogen and oxygen atoms in total. The fourth-order valence-corrected chi connectivity index (χ4v) is 6.79. The molecule has 1 N–H and O–H groups in total. The monoisotopic (exact) mass is 813 g/mol. The number of esters is 2. The summed E-state index contributed by atoms with van der Waals surface area (Å²) in [6, 6.07) is 0. The number of phosphoric ester groups is 1. The van der Waals surface area contributed by atoms with Gasteiger partial charge in [0.15, 0.2) is 6.10 Å². The molecule has 56 heavy (non-hydrogen) atoms. The number of unbranched alkanes of at least 4 members (excludes halogenated alkanes) is 21. The second-order valence-electron chi connectivity index (χ2n) is 16.4. The first-order valence-corrected chi connectivity index (χ1v) is 24.2. The summed E-state index contributed by atoms with van der Waals surface area (Å²) in [6.07, 6.45) is 43.4. The van der Waals surface area contributed by atoms with Gasteiger partial charge in [-0.1, -0.05) is 153 Å². The number of carbonyl (C=O) groups is 2. The van der Waals surface area contributed by atoms with E-state index in [2.05, 4.69) is 50.3 Å². The van der Waals surface area contributed by atoms with Gasteiger partial charge in [-0.25, -0.2) is 4.57 Å². The van der Waals surface area contributed by atoms with Gasteiger partial charge in [-0.05, 0) is 64.2 Å². The van der Waals surface area contributed by atoms with Crippen LogP contribution in [-0.4, -0.2) is 74.9 Å². The average molecular weight is 813 g/mol. The van der Waals surface area contributed by atoms with Crippen LogP contribution in [0, 0.1) is 0 Å². The van der Waals surface area contributed by atoms with Crippen molar-refractivity contribution in [2.75, 3.05) is 47.5 Å². The second kappa shape index (κ2) is 38.7. The highest BCUT2D eigenvalue weighted by atomic mass is 31.2. The quantitative estimate of drug-likeness (QED) is 0.0214. The summed E-state index contributed by atoms with van der Waals surface area (Å²) in [5, 5.41) is 0. The second-order valence-corrected chi connectivity index (χ2v) is 17.9. The van der Waals surface area contributed by atoms with E-state index >= 15 is 0 Å². The number of hydrogen-bond acceptors (Lipinski definition) is 7. The molecular formula is C46H87NO8P+. The Morgan fingerprint density at radius 3 is 1.50 bits per heavy atom. The molecule has 0 aromatic heterocycles. The van der Waals surface area contributed by atoms with Crippen LogP contribution in [0.25, 0.3) is 0 Å². The van der Waals surface area contributed by atoms with Crippen molar-refractivity contribution in [1.29, 1.82) is 0 Å². The third-order valence-corrected chi connectivity index (χ3v) is 10.6. The number of likely N-dealkylation sites (N-methyl/N-ethyl adjacent to an activating group) is 1. The summed E-state index contributed by atoms with van der Waals surface area (Å²) in [6.45, 7) is 4.36. The van der Waals surface area contributed by atoms with Crippen molar-refractivity contribution in [2.24, 2.45) is 0 Å². The first-order valence-electron chi connectivity index (χ1n) is 22.7. The number of ether oxygens (including phenoxy) is 2. The highest BCUT2D eigenvalue weighted by molar-refractivity contribution is 7.47. The highest BCUT2D eigenvalue weighted by Crippen LogP contribution is 2.43. The molecule has 0 amide bonds. The van der Waals surface area contributed by atoms with E-state index in [1.807, 2.05) is 21.1 Å². The van der Waals surface area contributed by atoms with Gasteiger partial charge in [0.1, 0.15) is 19.8 Å². The number of carbonyl (C=O) groups excluding carboxylic acids is 2. The summed E-state index contributed by atoms with van der Waals surface area (Å²) in [5.41, 5.74) is 0. The zero-order valence-electron chi connectivity index (χ0n) is 36.9. The number of quaternary nitrogens is 1. The van der Waals surface area contributed by atoms with Crippen molar-refractivity contribution < 1.29 is 42.1 Å². The van der Waals surface area contributed by atoms with Crippen LogP contribution in [-0.2, 0) is 32.7 Å². The summed E-state index contributed by atoms with van der Waals surface area (Å²) in [5.74, 6) is -0.842. The summed E-state index contributed by atoms with van der Waals surface area (Å²) >= 11 is 0. The molecule has 0 heterocycles. The highest BCUT2D eigenvalue weighted by Gasteiger charge is 2.27. The molecule has 0 aromatic carbocycles. The smallest absolute Gasteiger partial charge is 0.462 e. The molecule has 0 spiro atoms. The number of hydrogen-bond donors (Lipinski definition) is 1. The molecule has 1 unspecified atom stereocenters. The predicted molar refractivity (Wildman–Crippen MR) is 234 cm³/mol. The van der Waals surface area contributed by atoms with Crippen LogP contribution in [0.3, 0.4) is 0 Å². The topological polar surface area (TPSA) is 108 Å². The molecular weight excluding hydrogens is 725 g/mol. The molecule has 0 radical (unpaired) electrons. The van der Waals surface area contributed by atoms with Gasteiger partial charge in [0.25, 0.3) is 0 Å². The Hall–Kier alpha value is -1.77. The first-order chi connectivity index (χ1) is 27.0. The van der Waals surface area contributed by atoms with Gasteiger partial charge in [-0.2, -0.15) is 0 Å². The zero-order chi connectivity index (χ0) is 41.4. The Morgan fingerprint density at radius 2 is 0.982 bits per heavy atom. The third-order valence-electron chi connectivity index (χ3n) is 9.64. The van der Waals surface area contributed by atoms with Crippen molar-refractivity contribution in [3.8, 4) is 0 Å². The number of phosphoric acid groups is 1. The number of allylic oxidation sites excluding steroid dienone is 6. The lowest BCUT2D eigenvalue weighted by molar-refractivity contribution is -0.870. The summed E-state index contributed by atoms with van der Waals surface area (Å²) in [4.78, 5) is 35.4. The molecule has 0 fully saturated rings. The summed E-state index contributed by atoms with van der Waals surface area (Å²) < 4.78 is 34.3. The van der Waals surface area contributed by atoms with Crippen LogP contribution < -0.4 is 0 Å². The molecule has 0 rings (SSSR count). The Balaban J connectivity index is 4.39. The van der Waals surface area contributed by atoms with Gasteiger partial charge in [-0.15, -0.1) is 0 Å². The van der Waals surface area contributed by atoms with Gasteiger partial charge >= 0.3 is 19.8 Å². The molecule has 0 bridgehead atoms. The first kappa shape index (κ1) is 54.2. The van der Waals surface area contributed by atoms with Crippen molar-refractivity contribution >= 4 is 19.8 Å². The minimum atomic E-state index is -4.38. The van der Waals surface area contributed by atoms with Crippen LogP contribution >= 0.6 is 7.82 Å². The zero-order valence-corrected chi connectivity index (χ0v) is 37.8. The average Bonchev–Trinajstić information content (AvgIpc) is 3.15. The van der Waals surface area contributed by atoms with Crippen molar-refractivity contribution in [1.82, 2.24) is 0 Å². The lowest BCUT2D eigenvalue weighted by Crippen LogP contribution is -2.37. The third kappa shape index (κ3) is 41.9. The molecule has 0 saturated heterocycles. The maximum Gasteiger partial charge on any atom is 0.472 e. The fraction of sp³-hybridized carbons (Fsp3) is 0.826.